The Morgan fingerprint density at radius 3 is 2.79 bits per heavy atom. The van der Waals surface area contributed by atoms with Gasteiger partial charge in [0.15, 0.2) is 0 Å². The third kappa shape index (κ3) is 3.75. The van der Waals surface area contributed by atoms with E-state index in [9.17, 15) is 5.26 Å². The van der Waals surface area contributed by atoms with Crippen LogP contribution in [0, 0.1) is 18.3 Å². The highest BCUT2D eigenvalue weighted by molar-refractivity contribution is 8.00. The number of rotatable bonds is 4. The van der Waals surface area contributed by atoms with E-state index in [1.807, 2.05) is 11.8 Å². The van der Waals surface area contributed by atoms with Gasteiger partial charge in [-0.1, -0.05) is 24.6 Å². The molecule has 0 bridgehead atoms. The first kappa shape index (κ1) is 14.4. The van der Waals surface area contributed by atoms with Crippen LogP contribution in [0.25, 0.3) is 0 Å². The molecule has 1 aliphatic rings. The molecule has 102 valence electrons. The van der Waals surface area contributed by atoms with Crippen molar-refractivity contribution in [2.45, 2.75) is 55.2 Å². The molecule has 0 aliphatic heterocycles. The first-order chi connectivity index (χ1) is 9.17. The molecule has 0 heterocycles. The molecule has 2 nitrogen and oxygen atoms in total. The largest absolute Gasteiger partial charge is 0.300 e. The van der Waals surface area contributed by atoms with Crippen LogP contribution >= 0.6 is 11.8 Å². The monoisotopic (exact) mass is 274 g/mol. The summed E-state index contributed by atoms with van der Waals surface area (Å²) < 4.78 is 0. The number of hydrogen-bond acceptors (Lipinski definition) is 3. The lowest BCUT2D eigenvalue weighted by atomic mass is 9.82. The molecule has 1 saturated carbocycles. The van der Waals surface area contributed by atoms with Gasteiger partial charge in [0.05, 0.1) is 6.07 Å². The van der Waals surface area contributed by atoms with Gasteiger partial charge in [-0.15, -0.1) is 11.8 Å². The zero-order valence-corrected chi connectivity index (χ0v) is 12.6. The van der Waals surface area contributed by atoms with Crippen molar-refractivity contribution in [2.75, 3.05) is 6.54 Å². The zero-order valence-electron chi connectivity index (χ0n) is 11.8. The topological polar surface area (TPSA) is 35.8 Å². The number of nitrogens with one attached hydrogen (secondary N) is 1. The number of benzene rings is 1. The van der Waals surface area contributed by atoms with E-state index in [1.165, 1.54) is 16.9 Å². The fourth-order valence-electron chi connectivity index (χ4n) is 2.77. The SMILES string of the molecule is CCNC1(C#N)CCCC(Sc2ccc(C)cc2)C1. The summed E-state index contributed by atoms with van der Waals surface area (Å²) in [5.41, 5.74) is 1.00. The number of hydrogen-bond donors (Lipinski definition) is 1. The molecule has 2 unspecified atom stereocenters. The summed E-state index contributed by atoms with van der Waals surface area (Å²) >= 11 is 1.93. The van der Waals surface area contributed by atoms with E-state index in [1.54, 1.807) is 0 Å². The highest BCUT2D eigenvalue weighted by Gasteiger charge is 2.36. The Bertz CT molecular complexity index is 445. The van der Waals surface area contributed by atoms with Crippen molar-refractivity contribution < 1.29 is 0 Å². The van der Waals surface area contributed by atoms with Crippen LogP contribution in [0.1, 0.15) is 38.2 Å². The Hall–Kier alpha value is -0.980. The molecule has 0 amide bonds. The molecular formula is C16H22N2S. The molecule has 3 heteroatoms. The van der Waals surface area contributed by atoms with Crippen molar-refractivity contribution in [2.24, 2.45) is 0 Å². The van der Waals surface area contributed by atoms with Crippen LogP contribution in [0.3, 0.4) is 0 Å². The maximum Gasteiger partial charge on any atom is 0.107 e. The van der Waals surface area contributed by atoms with Crippen molar-refractivity contribution in [1.82, 2.24) is 5.32 Å². The van der Waals surface area contributed by atoms with Crippen molar-refractivity contribution in [1.29, 1.82) is 5.26 Å². The summed E-state index contributed by atoms with van der Waals surface area (Å²) in [6.07, 6.45) is 4.30. The highest BCUT2D eigenvalue weighted by atomic mass is 32.2. The fourth-order valence-corrected chi connectivity index (χ4v) is 4.10. The van der Waals surface area contributed by atoms with Crippen molar-refractivity contribution in [3.63, 3.8) is 0 Å². The summed E-state index contributed by atoms with van der Waals surface area (Å²) in [6, 6.07) is 11.2. The average Bonchev–Trinajstić information content (AvgIpc) is 2.42. The van der Waals surface area contributed by atoms with Crippen LogP contribution < -0.4 is 5.32 Å². The van der Waals surface area contributed by atoms with Crippen LogP contribution in [-0.2, 0) is 0 Å². The van der Waals surface area contributed by atoms with Gasteiger partial charge in [-0.3, -0.25) is 5.32 Å². The third-order valence-corrected chi connectivity index (χ3v) is 5.04. The summed E-state index contributed by atoms with van der Waals surface area (Å²) in [4.78, 5) is 1.32. The van der Waals surface area contributed by atoms with Gasteiger partial charge in [0.1, 0.15) is 5.54 Å². The standard InChI is InChI=1S/C16H22N2S/c1-3-18-16(12-17)10-4-5-15(11-16)19-14-8-6-13(2)7-9-14/h6-9,15,18H,3-5,10-11H2,1-2H3. The van der Waals surface area contributed by atoms with E-state index in [-0.39, 0.29) is 5.54 Å². The predicted octanol–water partition coefficient (Wildman–Crippen LogP) is 3.90. The summed E-state index contributed by atoms with van der Waals surface area (Å²) in [7, 11) is 0. The molecule has 0 radical (unpaired) electrons. The Kier molecular flexibility index (Phi) is 4.90. The molecule has 1 aliphatic carbocycles. The van der Waals surface area contributed by atoms with Gasteiger partial charge < -0.3 is 0 Å². The van der Waals surface area contributed by atoms with Crippen molar-refractivity contribution in [3.05, 3.63) is 29.8 Å². The first-order valence-corrected chi connectivity index (χ1v) is 7.95. The summed E-state index contributed by atoms with van der Waals surface area (Å²) in [5, 5.41) is 13.4. The normalized spacial score (nSPS) is 26.9. The van der Waals surface area contributed by atoms with Crippen LogP contribution in [0.2, 0.25) is 0 Å². The maximum atomic E-state index is 9.47. The lowest BCUT2D eigenvalue weighted by Crippen LogP contribution is -2.48. The van der Waals surface area contributed by atoms with E-state index < -0.39 is 0 Å². The summed E-state index contributed by atoms with van der Waals surface area (Å²) in [5.74, 6) is 0. The van der Waals surface area contributed by atoms with E-state index in [4.69, 9.17) is 0 Å². The molecule has 2 rings (SSSR count). The average molecular weight is 274 g/mol. The first-order valence-electron chi connectivity index (χ1n) is 7.07. The lowest BCUT2D eigenvalue weighted by Gasteiger charge is -2.36. The predicted molar refractivity (Wildman–Crippen MR) is 81.3 cm³/mol. The van der Waals surface area contributed by atoms with Gasteiger partial charge in [-0.25, -0.2) is 0 Å². The van der Waals surface area contributed by atoms with E-state index in [0.29, 0.717) is 5.25 Å². The van der Waals surface area contributed by atoms with Crippen LogP contribution in [0.15, 0.2) is 29.2 Å². The molecule has 1 aromatic rings. The van der Waals surface area contributed by atoms with Gasteiger partial charge in [0.2, 0.25) is 0 Å². The minimum atomic E-state index is -0.296. The molecule has 0 spiro atoms. The van der Waals surface area contributed by atoms with Crippen molar-refractivity contribution in [3.8, 4) is 6.07 Å². The minimum Gasteiger partial charge on any atom is -0.300 e. The second-order valence-corrected chi connectivity index (χ2v) is 6.75. The van der Waals surface area contributed by atoms with E-state index in [0.717, 1.165) is 25.8 Å². The Labute approximate surface area is 120 Å². The molecule has 1 aromatic carbocycles. The highest BCUT2D eigenvalue weighted by Crippen LogP contribution is 2.38. The minimum absolute atomic E-state index is 0.296. The van der Waals surface area contributed by atoms with Crippen LogP contribution in [0.4, 0.5) is 0 Å². The van der Waals surface area contributed by atoms with Gasteiger partial charge in [0.25, 0.3) is 0 Å². The number of nitriles is 1. The van der Waals surface area contributed by atoms with Crippen LogP contribution in [-0.4, -0.2) is 17.3 Å². The number of aryl methyl sites for hydroxylation is 1. The second kappa shape index (κ2) is 6.45. The quantitative estimate of drug-likeness (QED) is 0.904. The van der Waals surface area contributed by atoms with Gasteiger partial charge >= 0.3 is 0 Å². The fraction of sp³-hybridized carbons (Fsp3) is 0.562. The van der Waals surface area contributed by atoms with Gasteiger partial charge in [0, 0.05) is 10.1 Å². The Balaban J connectivity index is 2.01. The van der Waals surface area contributed by atoms with E-state index >= 15 is 0 Å². The summed E-state index contributed by atoms with van der Waals surface area (Å²) in [6.45, 7) is 5.06. The second-order valence-electron chi connectivity index (χ2n) is 5.37. The lowest BCUT2D eigenvalue weighted by molar-refractivity contribution is 0.309. The molecule has 0 saturated heterocycles. The van der Waals surface area contributed by atoms with Crippen LogP contribution in [0.5, 0.6) is 0 Å². The molecule has 0 aromatic heterocycles. The molecule has 1 fully saturated rings. The number of thioether (sulfide) groups is 1. The molecular weight excluding hydrogens is 252 g/mol. The van der Waals surface area contributed by atoms with Crippen molar-refractivity contribution >= 4 is 11.8 Å². The molecule has 2 atom stereocenters. The van der Waals surface area contributed by atoms with Gasteiger partial charge in [-0.2, -0.15) is 5.26 Å². The smallest absolute Gasteiger partial charge is 0.107 e. The zero-order chi connectivity index (χ0) is 13.7. The third-order valence-electron chi connectivity index (χ3n) is 3.76. The van der Waals surface area contributed by atoms with E-state index in [2.05, 4.69) is 49.5 Å². The Morgan fingerprint density at radius 2 is 2.16 bits per heavy atom. The Morgan fingerprint density at radius 1 is 1.42 bits per heavy atom. The maximum absolute atomic E-state index is 9.47. The van der Waals surface area contributed by atoms with Gasteiger partial charge in [-0.05, 0) is 51.3 Å². The number of nitrogens with zero attached hydrogens (tertiary/aromatic N) is 1. The molecule has 19 heavy (non-hydrogen) atoms. The molecule has 1 N–H and O–H groups in total.